The van der Waals surface area contributed by atoms with Crippen LogP contribution in [-0.4, -0.2) is 19.1 Å². The lowest BCUT2D eigenvalue weighted by Crippen LogP contribution is -2.32. The van der Waals surface area contributed by atoms with Crippen molar-refractivity contribution in [3.05, 3.63) is 0 Å². The van der Waals surface area contributed by atoms with Crippen LogP contribution in [-0.2, 0) is 9.53 Å². The number of esters is 1. The van der Waals surface area contributed by atoms with Gasteiger partial charge in [0.1, 0.15) is 0 Å². The zero-order valence-corrected chi connectivity index (χ0v) is 6.39. The van der Waals surface area contributed by atoms with E-state index in [0.717, 1.165) is 0 Å². The van der Waals surface area contributed by atoms with Crippen LogP contribution >= 0.6 is 0 Å². The van der Waals surface area contributed by atoms with E-state index in [2.05, 4.69) is 5.43 Å². The molecule has 0 aliphatic heterocycles. The normalized spacial score (nSPS) is 12.7. The van der Waals surface area contributed by atoms with Crippen LogP contribution in [0.25, 0.3) is 0 Å². The second-order valence-electron chi connectivity index (χ2n) is 2.06. The van der Waals surface area contributed by atoms with Crippen molar-refractivity contribution in [2.75, 3.05) is 13.2 Å². The van der Waals surface area contributed by atoms with Gasteiger partial charge in [0.25, 0.3) is 0 Å². The molecule has 0 aromatic carbocycles. The molecule has 0 spiro atoms. The van der Waals surface area contributed by atoms with Crippen molar-refractivity contribution in [2.45, 2.75) is 13.8 Å². The lowest BCUT2D eigenvalue weighted by molar-refractivity contribution is -0.147. The summed E-state index contributed by atoms with van der Waals surface area (Å²) in [5.74, 6) is 4.64. The van der Waals surface area contributed by atoms with Gasteiger partial charge in [-0.25, -0.2) is 0 Å². The quantitative estimate of drug-likeness (QED) is 0.323. The molecule has 0 aromatic heterocycles. The lowest BCUT2D eigenvalue weighted by Gasteiger charge is -2.08. The summed E-state index contributed by atoms with van der Waals surface area (Å²) < 4.78 is 4.72. The Morgan fingerprint density at radius 3 is 2.80 bits per heavy atom. The van der Waals surface area contributed by atoms with E-state index >= 15 is 0 Å². The van der Waals surface area contributed by atoms with E-state index in [1.165, 1.54) is 0 Å². The molecular formula is C6H14N2O2. The van der Waals surface area contributed by atoms with E-state index in [9.17, 15) is 4.79 Å². The van der Waals surface area contributed by atoms with Gasteiger partial charge in [-0.1, -0.05) is 6.92 Å². The van der Waals surface area contributed by atoms with Gasteiger partial charge in [-0.15, -0.1) is 0 Å². The Hall–Kier alpha value is -0.610. The fourth-order valence-electron chi connectivity index (χ4n) is 0.545. The Kier molecular flexibility index (Phi) is 4.88. The van der Waals surface area contributed by atoms with Crippen molar-refractivity contribution >= 4 is 5.97 Å². The smallest absolute Gasteiger partial charge is 0.309 e. The Labute approximate surface area is 60.7 Å². The average Bonchev–Trinajstić information content (AvgIpc) is 1.89. The molecule has 0 fully saturated rings. The zero-order valence-electron chi connectivity index (χ0n) is 6.39. The van der Waals surface area contributed by atoms with Crippen LogP contribution in [0.15, 0.2) is 0 Å². The second kappa shape index (κ2) is 5.20. The summed E-state index contributed by atoms with van der Waals surface area (Å²) in [6.07, 6.45) is 0. The molecule has 3 N–H and O–H groups in total. The number of hydrogen-bond donors (Lipinski definition) is 2. The molecule has 0 aliphatic carbocycles. The van der Waals surface area contributed by atoms with Crippen molar-refractivity contribution in [3.8, 4) is 0 Å². The van der Waals surface area contributed by atoms with Crippen molar-refractivity contribution in [1.82, 2.24) is 5.43 Å². The SMILES string of the molecule is CCOC(=O)C(C)CNN. The standard InChI is InChI=1S/C6H14N2O2/c1-3-10-6(9)5(2)4-8-7/h5,8H,3-4,7H2,1-2H3. The molecule has 4 heteroatoms. The van der Waals surface area contributed by atoms with E-state index in [4.69, 9.17) is 10.6 Å². The predicted octanol–water partition coefficient (Wildman–Crippen LogP) is -0.351. The fourth-order valence-corrected chi connectivity index (χ4v) is 0.545. The largest absolute Gasteiger partial charge is 0.466 e. The highest BCUT2D eigenvalue weighted by Gasteiger charge is 2.11. The van der Waals surface area contributed by atoms with E-state index in [0.29, 0.717) is 13.2 Å². The van der Waals surface area contributed by atoms with E-state index in [1.807, 2.05) is 0 Å². The summed E-state index contributed by atoms with van der Waals surface area (Å²) in [7, 11) is 0. The van der Waals surface area contributed by atoms with Crippen LogP contribution in [0.2, 0.25) is 0 Å². The number of ether oxygens (including phenoxy) is 1. The van der Waals surface area contributed by atoms with Crippen LogP contribution < -0.4 is 11.3 Å². The first-order chi connectivity index (χ1) is 4.72. The van der Waals surface area contributed by atoms with Gasteiger partial charge in [-0.2, -0.15) is 0 Å². The predicted molar refractivity (Wildman–Crippen MR) is 38.0 cm³/mol. The van der Waals surface area contributed by atoms with Gasteiger partial charge in [0, 0.05) is 6.54 Å². The van der Waals surface area contributed by atoms with Crippen LogP contribution in [0.5, 0.6) is 0 Å². The molecule has 0 rings (SSSR count). The molecule has 0 amide bonds. The van der Waals surface area contributed by atoms with Gasteiger partial charge < -0.3 is 4.74 Å². The summed E-state index contributed by atoms with van der Waals surface area (Å²) in [4.78, 5) is 10.8. The van der Waals surface area contributed by atoms with E-state index in [1.54, 1.807) is 13.8 Å². The molecule has 0 bridgehead atoms. The Morgan fingerprint density at radius 1 is 1.80 bits per heavy atom. The molecule has 1 atom stereocenters. The summed E-state index contributed by atoms with van der Waals surface area (Å²) in [5.41, 5.74) is 2.41. The highest BCUT2D eigenvalue weighted by atomic mass is 16.5. The molecule has 60 valence electrons. The molecule has 0 saturated carbocycles. The Balaban J connectivity index is 3.49. The fraction of sp³-hybridized carbons (Fsp3) is 0.833. The van der Waals surface area contributed by atoms with Crippen LogP contribution in [0, 0.1) is 5.92 Å². The average molecular weight is 146 g/mol. The van der Waals surface area contributed by atoms with Crippen LogP contribution in [0.4, 0.5) is 0 Å². The maximum atomic E-state index is 10.8. The summed E-state index contributed by atoms with van der Waals surface area (Å²) in [6, 6.07) is 0. The minimum atomic E-state index is -0.208. The highest BCUT2D eigenvalue weighted by molar-refractivity contribution is 5.72. The first kappa shape index (κ1) is 9.39. The minimum Gasteiger partial charge on any atom is -0.466 e. The molecule has 0 aromatic rings. The van der Waals surface area contributed by atoms with Crippen LogP contribution in [0.1, 0.15) is 13.8 Å². The zero-order chi connectivity index (χ0) is 7.98. The Bertz CT molecular complexity index is 106. The minimum absolute atomic E-state index is 0.162. The summed E-state index contributed by atoms with van der Waals surface area (Å²) in [6.45, 7) is 4.42. The van der Waals surface area contributed by atoms with Gasteiger partial charge in [0.05, 0.1) is 12.5 Å². The van der Waals surface area contributed by atoms with Gasteiger partial charge in [-0.05, 0) is 6.92 Å². The molecule has 10 heavy (non-hydrogen) atoms. The lowest BCUT2D eigenvalue weighted by atomic mass is 10.2. The van der Waals surface area contributed by atoms with Crippen molar-refractivity contribution in [1.29, 1.82) is 0 Å². The van der Waals surface area contributed by atoms with Gasteiger partial charge in [0.2, 0.25) is 0 Å². The van der Waals surface area contributed by atoms with Crippen LogP contribution in [0.3, 0.4) is 0 Å². The van der Waals surface area contributed by atoms with Crippen molar-refractivity contribution in [2.24, 2.45) is 11.8 Å². The summed E-state index contributed by atoms with van der Waals surface area (Å²) in [5, 5.41) is 0. The molecule has 4 nitrogen and oxygen atoms in total. The van der Waals surface area contributed by atoms with Gasteiger partial charge in [0.15, 0.2) is 0 Å². The number of rotatable bonds is 4. The Morgan fingerprint density at radius 2 is 2.40 bits per heavy atom. The second-order valence-corrected chi connectivity index (χ2v) is 2.06. The maximum Gasteiger partial charge on any atom is 0.309 e. The topological polar surface area (TPSA) is 64.3 Å². The third kappa shape index (κ3) is 3.42. The van der Waals surface area contributed by atoms with Crippen molar-refractivity contribution in [3.63, 3.8) is 0 Å². The highest BCUT2D eigenvalue weighted by Crippen LogP contribution is 1.94. The summed E-state index contributed by atoms with van der Waals surface area (Å²) >= 11 is 0. The molecule has 0 saturated heterocycles. The maximum absolute atomic E-state index is 10.8. The number of nitrogens with two attached hydrogens (primary N) is 1. The number of carbonyl (C=O) groups is 1. The van der Waals surface area contributed by atoms with E-state index in [-0.39, 0.29) is 11.9 Å². The number of carbonyl (C=O) groups excluding carboxylic acids is 1. The third-order valence-electron chi connectivity index (χ3n) is 1.11. The van der Waals surface area contributed by atoms with Gasteiger partial charge >= 0.3 is 5.97 Å². The third-order valence-corrected chi connectivity index (χ3v) is 1.11. The molecule has 0 aliphatic rings. The monoisotopic (exact) mass is 146 g/mol. The molecular weight excluding hydrogens is 132 g/mol. The number of nitrogens with one attached hydrogen (secondary N) is 1. The van der Waals surface area contributed by atoms with Crippen molar-refractivity contribution < 1.29 is 9.53 Å². The molecule has 0 heterocycles. The molecule has 0 radical (unpaired) electrons. The first-order valence-corrected chi connectivity index (χ1v) is 3.32. The first-order valence-electron chi connectivity index (χ1n) is 3.32. The number of hydrogen-bond acceptors (Lipinski definition) is 4. The van der Waals surface area contributed by atoms with E-state index < -0.39 is 0 Å². The number of hydrazine groups is 1. The van der Waals surface area contributed by atoms with Gasteiger partial charge in [-0.3, -0.25) is 16.1 Å². The molecule has 1 unspecified atom stereocenters.